The van der Waals surface area contributed by atoms with Gasteiger partial charge in [-0.05, 0) is 25.1 Å². The molecule has 0 aromatic heterocycles. The Kier molecular flexibility index (Phi) is 4.87. The third-order valence-electron chi connectivity index (χ3n) is 4.54. The molecule has 2 aliphatic heterocycles. The molecule has 142 valence electrons. The maximum absolute atomic E-state index is 6.51. The molecule has 2 heterocycles. The number of amidine groups is 1. The monoisotopic (exact) mass is 412 g/mol. The van der Waals surface area contributed by atoms with Gasteiger partial charge < -0.3 is 4.74 Å². The fourth-order valence-corrected chi connectivity index (χ4v) is 3.70. The summed E-state index contributed by atoms with van der Waals surface area (Å²) in [5, 5.41) is 2.99. The number of hydrogen-bond acceptors (Lipinski definition) is 5. The third-order valence-corrected chi connectivity index (χ3v) is 5.17. The van der Waals surface area contributed by atoms with Gasteiger partial charge in [-0.25, -0.2) is 9.98 Å². The lowest BCUT2D eigenvalue weighted by Crippen LogP contribution is -2.35. The zero-order valence-electron chi connectivity index (χ0n) is 15.5. The summed E-state index contributed by atoms with van der Waals surface area (Å²) in [6, 6.07) is 11.3. The second-order valence-electron chi connectivity index (χ2n) is 6.36. The average Bonchev–Trinajstić information content (AvgIpc) is 2.86. The molecule has 0 radical (unpaired) electrons. The van der Waals surface area contributed by atoms with Gasteiger partial charge in [0.15, 0.2) is 5.84 Å². The predicted molar refractivity (Wildman–Crippen MR) is 115 cm³/mol. The molecular weight excluding hydrogens is 395 g/mol. The van der Waals surface area contributed by atoms with E-state index in [0.717, 1.165) is 22.5 Å². The van der Waals surface area contributed by atoms with E-state index in [1.807, 2.05) is 42.3 Å². The molecule has 28 heavy (non-hydrogen) atoms. The molecule has 4 rings (SSSR count). The largest absolute Gasteiger partial charge is 0.495 e. The molecule has 0 fully saturated rings. The van der Waals surface area contributed by atoms with Crippen molar-refractivity contribution in [2.45, 2.75) is 6.92 Å². The van der Waals surface area contributed by atoms with Crippen molar-refractivity contribution in [3.63, 3.8) is 0 Å². The normalized spacial score (nSPS) is 15.2. The van der Waals surface area contributed by atoms with E-state index >= 15 is 0 Å². The maximum atomic E-state index is 6.51. The number of nitrogens with zero attached hydrogens (tertiary/aromatic N) is 3. The van der Waals surface area contributed by atoms with Gasteiger partial charge in [-0.1, -0.05) is 47.5 Å². The van der Waals surface area contributed by atoms with Crippen molar-refractivity contribution >= 4 is 40.4 Å². The van der Waals surface area contributed by atoms with Crippen molar-refractivity contribution in [3.05, 3.63) is 81.6 Å². The van der Waals surface area contributed by atoms with E-state index in [4.69, 9.17) is 37.9 Å². The van der Waals surface area contributed by atoms with E-state index < -0.39 is 0 Å². The van der Waals surface area contributed by atoms with Crippen LogP contribution in [0, 0.1) is 0 Å². The highest BCUT2D eigenvalue weighted by atomic mass is 35.5. The number of aliphatic imine (C=N–C) groups is 2. The van der Waals surface area contributed by atoms with Crippen LogP contribution in [-0.4, -0.2) is 30.2 Å². The molecule has 0 amide bonds. The molecule has 2 aliphatic rings. The van der Waals surface area contributed by atoms with Crippen molar-refractivity contribution < 1.29 is 4.74 Å². The van der Waals surface area contributed by atoms with Gasteiger partial charge in [0.1, 0.15) is 11.4 Å². The number of rotatable bonds is 4. The number of halogens is 2. The number of ether oxygens (including phenoxy) is 1. The lowest BCUT2D eigenvalue weighted by molar-refractivity contribution is 0.397. The highest BCUT2D eigenvalue weighted by molar-refractivity contribution is 6.37. The Balaban J connectivity index is 2.02. The highest BCUT2D eigenvalue weighted by Gasteiger charge is 2.30. The van der Waals surface area contributed by atoms with Gasteiger partial charge in [-0.3, -0.25) is 10.4 Å². The van der Waals surface area contributed by atoms with Crippen LogP contribution in [0.2, 0.25) is 10.0 Å². The van der Waals surface area contributed by atoms with E-state index in [-0.39, 0.29) is 0 Å². The first-order valence-electron chi connectivity index (χ1n) is 8.70. The van der Waals surface area contributed by atoms with E-state index in [1.54, 1.807) is 19.3 Å². The first kappa shape index (κ1) is 18.6. The molecule has 5 nitrogen and oxygen atoms in total. The van der Waals surface area contributed by atoms with Crippen molar-refractivity contribution in [1.82, 2.24) is 10.4 Å². The van der Waals surface area contributed by atoms with E-state index in [0.29, 0.717) is 39.6 Å². The summed E-state index contributed by atoms with van der Waals surface area (Å²) in [6.45, 7) is 6.36. The van der Waals surface area contributed by atoms with Crippen LogP contribution in [0.4, 0.5) is 5.69 Å². The SMILES string of the molecule is C=CCN1NC(C)=C2N=C(c3ccccc3Cl)c3cc(OC)c(Cl)cc3N=C21. The Hall–Kier alpha value is -2.76. The summed E-state index contributed by atoms with van der Waals surface area (Å²) in [5.74, 6) is 1.26. The van der Waals surface area contributed by atoms with Crippen LogP contribution in [0.3, 0.4) is 0 Å². The maximum Gasteiger partial charge on any atom is 0.176 e. The first-order valence-corrected chi connectivity index (χ1v) is 9.45. The zero-order valence-corrected chi connectivity index (χ0v) is 17.0. The third kappa shape index (κ3) is 3.07. The van der Waals surface area contributed by atoms with Gasteiger partial charge in [0.05, 0.1) is 35.8 Å². The van der Waals surface area contributed by atoms with Crippen LogP contribution in [0.1, 0.15) is 18.1 Å². The molecule has 0 saturated heterocycles. The van der Waals surface area contributed by atoms with E-state index in [2.05, 4.69) is 12.0 Å². The number of fused-ring (bicyclic) bond motifs is 2. The Morgan fingerprint density at radius 3 is 2.64 bits per heavy atom. The van der Waals surface area contributed by atoms with Crippen LogP contribution >= 0.6 is 23.2 Å². The summed E-state index contributed by atoms with van der Waals surface area (Å²) in [6.07, 6.45) is 1.80. The molecule has 2 aromatic rings. The van der Waals surface area contributed by atoms with Gasteiger partial charge in [0, 0.05) is 16.1 Å². The van der Waals surface area contributed by atoms with E-state index in [9.17, 15) is 0 Å². The molecule has 0 saturated carbocycles. The summed E-state index contributed by atoms with van der Waals surface area (Å²) in [7, 11) is 1.58. The summed E-state index contributed by atoms with van der Waals surface area (Å²) in [4.78, 5) is 9.84. The van der Waals surface area contributed by atoms with Gasteiger partial charge in [-0.15, -0.1) is 6.58 Å². The van der Waals surface area contributed by atoms with E-state index in [1.165, 1.54) is 0 Å². The highest BCUT2D eigenvalue weighted by Crippen LogP contribution is 2.38. The Labute approximate surface area is 173 Å². The van der Waals surface area contributed by atoms with Gasteiger partial charge in [-0.2, -0.15) is 0 Å². The van der Waals surface area contributed by atoms with Crippen molar-refractivity contribution in [3.8, 4) is 5.75 Å². The average molecular weight is 413 g/mol. The molecule has 7 heteroatoms. The number of benzene rings is 2. The van der Waals surface area contributed by atoms with Crippen LogP contribution in [0.25, 0.3) is 0 Å². The second-order valence-corrected chi connectivity index (χ2v) is 7.18. The minimum Gasteiger partial charge on any atom is -0.495 e. The number of nitrogens with one attached hydrogen (secondary N) is 1. The van der Waals surface area contributed by atoms with Crippen LogP contribution < -0.4 is 10.2 Å². The van der Waals surface area contributed by atoms with Crippen LogP contribution in [0.15, 0.2) is 70.4 Å². The Morgan fingerprint density at radius 1 is 1.14 bits per heavy atom. The van der Waals surface area contributed by atoms with Crippen LogP contribution in [0.5, 0.6) is 5.75 Å². The minimum atomic E-state index is 0.481. The molecule has 0 atom stereocenters. The zero-order chi connectivity index (χ0) is 19.8. The molecule has 0 unspecified atom stereocenters. The number of methoxy groups -OCH3 is 1. The number of allylic oxidation sites excluding steroid dienone is 1. The molecule has 0 spiro atoms. The lowest BCUT2D eigenvalue weighted by atomic mass is 10.00. The summed E-state index contributed by atoms with van der Waals surface area (Å²) >= 11 is 12.9. The smallest absolute Gasteiger partial charge is 0.176 e. The molecular formula is C21H18Cl2N4O. The van der Waals surface area contributed by atoms with Crippen molar-refractivity contribution in [2.75, 3.05) is 13.7 Å². The fraction of sp³-hybridized carbons (Fsp3) is 0.143. The number of hydrazine groups is 1. The van der Waals surface area contributed by atoms with Gasteiger partial charge in [0.2, 0.25) is 0 Å². The van der Waals surface area contributed by atoms with Crippen molar-refractivity contribution in [2.24, 2.45) is 9.98 Å². The van der Waals surface area contributed by atoms with Gasteiger partial charge in [0.25, 0.3) is 0 Å². The summed E-state index contributed by atoms with van der Waals surface area (Å²) in [5.41, 5.74) is 7.97. The molecule has 0 bridgehead atoms. The first-order chi connectivity index (χ1) is 13.5. The fourth-order valence-electron chi connectivity index (χ4n) is 3.24. The Morgan fingerprint density at radius 2 is 1.93 bits per heavy atom. The van der Waals surface area contributed by atoms with Crippen molar-refractivity contribution in [1.29, 1.82) is 0 Å². The molecule has 1 N–H and O–H groups in total. The predicted octanol–water partition coefficient (Wildman–Crippen LogP) is 5.12. The summed E-state index contributed by atoms with van der Waals surface area (Å²) < 4.78 is 5.42. The van der Waals surface area contributed by atoms with Crippen LogP contribution in [-0.2, 0) is 0 Å². The lowest BCUT2D eigenvalue weighted by Gasteiger charge is -2.18. The number of hydrogen-bond donors (Lipinski definition) is 1. The van der Waals surface area contributed by atoms with Gasteiger partial charge >= 0.3 is 0 Å². The Bertz CT molecular complexity index is 1070. The minimum absolute atomic E-state index is 0.481. The second kappa shape index (κ2) is 7.34. The topological polar surface area (TPSA) is 49.2 Å². The standard InChI is InChI=1S/C21H18Cl2N4O/c1-4-9-27-21-19(12(2)26-27)25-20(13-7-5-6-8-15(13)22)14-10-18(28-3)16(23)11-17(14)24-21/h4-8,10-11,26H,1,9H2,2-3H3. The molecule has 2 aromatic carbocycles. The molecule has 0 aliphatic carbocycles. The quantitative estimate of drug-likeness (QED) is 0.708.